The van der Waals surface area contributed by atoms with Gasteiger partial charge in [-0.1, -0.05) is 11.2 Å². The maximum Gasteiger partial charge on any atom is 0.260 e. The number of aliphatic hydroxyl groups excluding tert-OH is 1. The highest BCUT2D eigenvalue weighted by atomic mass is 32.2. The number of halogens is 1. The van der Waals surface area contributed by atoms with Gasteiger partial charge >= 0.3 is 0 Å². The predicted molar refractivity (Wildman–Crippen MR) is 138 cm³/mol. The van der Waals surface area contributed by atoms with Crippen molar-refractivity contribution in [3.05, 3.63) is 83.2 Å². The summed E-state index contributed by atoms with van der Waals surface area (Å²) in [5.74, 6) is 3.18. The zero-order valence-corrected chi connectivity index (χ0v) is 21.0. The molecule has 2 aromatic carbocycles. The lowest BCUT2D eigenvalue weighted by molar-refractivity contribution is -0.144. The second-order valence-electron chi connectivity index (χ2n) is 9.73. The summed E-state index contributed by atoms with van der Waals surface area (Å²) in [5.41, 5.74) is 3.45. The van der Waals surface area contributed by atoms with E-state index in [1.807, 2.05) is 41.6 Å². The highest BCUT2D eigenvalue weighted by Gasteiger charge is 2.56. The molecule has 9 heteroatoms. The molecular formula is C27H27FN4O3S. The van der Waals surface area contributed by atoms with E-state index >= 15 is 0 Å². The van der Waals surface area contributed by atoms with E-state index in [0.29, 0.717) is 11.4 Å². The molecule has 0 aliphatic carbocycles. The number of methoxy groups -OCH3 is 1. The molecule has 1 N–H and O–H groups in total. The predicted octanol–water partition coefficient (Wildman–Crippen LogP) is 4.34. The van der Waals surface area contributed by atoms with Gasteiger partial charge in [-0.3, -0.25) is 0 Å². The normalized spacial score (nSPS) is 23.3. The summed E-state index contributed by atoms with van der Waals surface area (Å²) in [6.45, 7) is 2.37. The van der Waals surface area contributed by atoms with E-state index < -0.39 is 5.72 Å². The Morgan fingerprint density at radius 1 is 1.22 bits per heavy atom. The number of thioether (sulfide) groups is 1. The largest absolute Gasteiger partial charge is 0.495 e. The molecule has 3 aliphatic rings. The van der Waals surface area contributed by atoms with Gasteiger partial charge in [0, 0.05) is 35.2 Å². The van der Waals surface area contributed by atoms with Crippen LogP contribution in [0.5, 0.6) is 5.75 Å². The van der Waals surface area contributed by atoms with Gasteiger partial charge < -0.3 is 24.1 Å². The topological polar surface area (TPSA) is 72.1 Å². The van der Waals surface area contributed by atoms with Crippen LogP contribution in [0.15, 0.2) is 65.7 Å². The van der Waals surface area contributed by atoms with Crippen LogP contribution >= 0.6 is 11.8 Å². The molecule has 36 heavy (non-hydrogen) atoms. The Morgan fingerprint density at radius 3 is 2.67 bits per heavy atom. The van der Waals surface area contributed by atoms with Gasteiger partial charge in [0.2, 0.25) is 0 Å². The number of aliphatic hydroxyl groups is 1. The highest BCUT2D eigenvalue weighted by Crippen LogP contribution is 2.51. The molecule has 1 spiro atoms. The molecule has 2 fully saturated rings. The molecule has 4 heterocycles. The minimum atomic E-state index is -1.17. The first-order valence-corrected chi connectivity index (χ1v) is 13.0. The lowest BCUT2D eigenvalue weighted by Crippen LogP contribution is -2.59. The van der Waals surface area contributed by atoms with Gasteiger partial charge in [-0.05, 0) is 67.0 Å². The molecule has 186 valence electrons. The third-order valence-electron chi connectivity index (χ3n) is 7.18. The second-order valence-corrected chi connectivity index (χ2v) is 10.7. The van der Waals surface area contributed by atoms with Crippen LogP contribution < -0.4 is 4.74 Å². The fourth-order valence-electron chi connectivity index (χ4n) is 5.27. The molecular weight excluding hydrogens is 479 g/mol. The Kier molecular flexibility index (Phi) is 5.57. The van der Waals surface area contributed by atoms with Crippen LogP contribution in [0.4, 0.5) is 4.39 Å². The molecule has 2 saturated heterocycles. The van der Waals surface area contributed by atoms with Crippen LogP contribution in [0.25, 0.3) is 11.8 Å². The molecule has 6 rings (SSSR count). The van der Waals surface area contributed by atoms with Crippen LogP contribution in [-0.2, 0) is 10.6 Å². The zero-order valence-electron chi connectivity index (χ0n) is 20.1. The Labute approximate surface area is 213 Å². The molecule has 3 aliphatic heterocycles. The van der Waals surface area contributed by atoms with Crippen molar-refractivity contribution in [1.29, 1.82) is 0 Å². The first-order chi connectivity index (χ1) is 17.4. The minimum Gasteiger partial charge on any atom is -0.495 e. The first-order valence-electron chi connectivity index (χ1n) is 11.8. The highest BCUT2D eigenvalue weighted by molar-refractivity contribution is 8.00. The van der Waals surface area contributed by atoms with Crippen molar-refractivity contribution < 1.29 is 19.1 Å². The average Bonchev–Trinajstić information content (AvgIpc) is 3.47. The van der Waals surface area contributed by atoms with Gasteiger partial charge in [0.05, 0.1) is 24.8 Å². The fourth-order valence-corrected chi connectivity index (χ4v) is 6.44. The third-order valence-corrected chi connectivity index (χ3v) is 8.81. The molecule has 1 aromatic heterocycles. The standard InChI is InChI=1S/C27H27FN4O3S/c1-18-12-31(17-29-18)23-8-3-19(10-24(23)34-2)9-20-11-26(15-36-16-26)13-32-25(20)30-35-27(32,14-33)21-4-6-22(28)7-5-21/h3-10,12,17,33H,11,13-16H2,1-2H3/b20-9+. The van der Waals surface area contributed by atoms with Crippen LogP contribution in [0.3, 0.4) is 0 Å². The SMILES string of the molecule is COc1cc(/C=C2\CC3(CSC3)CN3C2=NOC3(CO)c2ccc(F)cc2)ccc1-n1cnc(C)c1. The second kappa shape index (κ2) is 8.67. The summed E-state index contributed by atoms with van der Waals surface area (Å²) < 4.78 is 21.3. The summed E-state index contributed by atoms with van der Waals surface area (Å²) in [7, 11) is 1.66. The van der Waals surface area contributed by atoms with Crippen LogP contribution in [0.2, 0.25) is 0 Å². The number of hydrogen-bond acceptors (Lipinski definition) is 7. The number of piperidine rings is 1. The van der Waals surface area contributed by atoms with Crippen molar-refractivity contribution in [1.82, 2.24) is 14.5 Å². The number of oxime groups is 1. The number of benzene rings is 2. The van der Waals surface area contributed by atoms with Crippen molar-refractivity contribution in [3.8, 4) is 11.4 Å². The monoisotopic (exact) mass is 506 g/mol. The van der Waals surface area contributed by atoms with Crippen molar-refractivity contribution in [2.24, 2.45) is 10.6 Å². The molecule has 3 aromatic rings. The Morgan fingerprint density at radius 2 is 2.03 bits per heavy atom. The number of fused-ring (bicyclic) bond motifs is 1. The Bertz CT molecular complexity index is 1370. The minimum absolute atomic E-state index is 0.0715. The number of ether oxygens (including phenoxy) is 1. The van der Waals surface area contributed by atoms with Crippen molar-refractivity contribution in [3.63, 3.8) is 0 Å². The summed E-state index contributed by atoms with van der Waals surface area (Å²) in [4.78, 5) is 12.4. The van der Waals surface area contributed by atoms with E-state index in [9.17, 15) is 9.50 Å². The number of rotatable bonds is 5. The lowest BCUT2D eigenvalue weighted by Gasteiger charge is -2.51. The fraction of sp³-hybridized carbons (Fsp3) is 0.333. The number of aryl methyl sites for hydroxylation is 1. The molecule has 0 radical (unpaired) electrons. The number of imidazole rings is 1. The molecule has 0 amide bonds. The third kappa shape index (κ3) is 3.69. The average molecular weight is 507 g/mol. The molecule has 7 nitrogen and oxygen atoms in total. The number of amidine groups is 1. The summed E-state index contributed by atoms with van der Waals surface area (Å²) in [6, 6.07) is 12.2. The van der Waals surface area contributed by atoms with E-state index in [-0.39, 0.29) is 17.8 Å². The number of aromatic nitrogens is 2. The van der Waals surface area contributed by atoms with Crippen molar-refractivity contribution in [2.45, 2.75) is 19.1 Å². The van der Waals surface area contributed by atoms with E-state index in [0.717, 1.165) is 52.7 Å². The smallest absolute Gasteiger partial charge is 0.260 e. The maximum absolute atomic E-state index is 13.7. The van der Waals surface area contributed by atoms with Crippen molar-refractivity contribution >= 4 is 23.7 Å². The van der Waals surface area contributed by atoms with E-state index in [1.54, 1.807) is 25.6 Å². The van der Waals surface area contributed by atoms with Gasteiger partial charge in [0.15, 0.2) is 5.84 Å². The summed E-state index contributed by atoms with van der Waals surface area (Å²) >= 11 is 1.92. The molecule has 1 atom stereocenters. The molecule has 0 saturated carbocycles. The van der Waals surface area contributed by atoms with Gasteiger partial charge in [0.1, 0.15) is 18.2 Å². The van der Waals surface area contributed by atoms with E-state index in [4.69, 9.17) is 9.57 Å². The van der Waals surface area contributed by atoms with Crippen LogP contribution in [0.1, 0.15) is 23.2 Å². The van der Waals surface area contributed by atoms with E-state index in [1.165, 1.54) is 12.1 Å². The number of hydrogen-bond donors (Lipinski definition) is 1. The lowest BCUT2D eigenvalue weighted by atomic mass is 9.78. The quantitative estimate of drug-likeness (QED) is 0.555. The van der Waals surface area contributed by atoms with Crippen LogP contribution in [-0.4, -0.2) is 57.2 Å². The molecule has 0 bridgehead atoms. The first kappa shape index (κ1) is 23.1. The Balaban J connectivity index is 1.39. The van der Waals surface area contributed by atoms with Gasteiger partial charge in [-0.2, -0.15) is 11.8 Å². The maximum atomic E-state index is 13.7. The van der Waals surface area contributed by atoms with Gasteiger partial charge in [0.25, 0.3) is 5.72 Å². The summed E-state index contributed by atoms with van der Waals surface area (Å²) in [6.07, 6.45) is 6.73. The molecule has 1 unspecified atom stereocenters. The van der Waals surface area contributed by atoms with Gasteiger partial charge in [-0.15, -0.1) is 0 Å². The van der Waals surface area contributed by atoms with Crippen LogP contribution in [0, 0.1) is 18.2 Å². The zero-order chi connectivity index (χ0) is 24.9. The number of nitrogens with zero attached hydrogens (tertiary/aromatic N) is 4. The summed E-state index contributed by atoms with van der Waals surface area (Å²) in [5, 5.41) is 15.0. The Hall–Kier alpha value is -3.30. The van der Waals surface area contributed by atoms with Crippen molar-refractivity contribution in [2.75, 3.05) is 31.8 Å². The van der Waals surface area contributed by atoms with E-state index in [2.05, 4.69) is 27.2 Å². The van der Waals surface area contributed by atoms with Gasteiger partial charge in [-0.25, -0.2) is 9.37 Å².